The van der Waals surface area contributed by atoms with Crippen LogP contribution in [0.2, 0.25) is 5.02 Å². The number of hydrogen-bond acceptors (Lipinski definition) is 4. The molecular formula is C20H21ClN2O4. The number of carbonyl (C=O) groups excluding carboxylic acids is 2. The number of aryl methyl sites for hydroxylation is 1. The molecule has 0 aromatic heterocycles. The van der Waals surface area contributed by atoms with Gasteiger partial charge in [0.25, 0.3) is 0 Å². The minimum Gasteiger partial charge on any atom is -0.465 e. The lowest BCUT2D eigenvalue weighted by atomic mass is 10.1. The fraction of sp³-hybridized carbons (Fsp3) is 0.300. The van der Waals surface area contributed by atoms with Crippen LogP contribution in [0.1, 0.15) is 27.6 Å². The molecule has 6 nitrogen and oxygen atoms in total. The van der Waals surface area contributed by atoms with Gasteiger partial charge in [-0.25, -0.2) is 9.59 Å². The molecule has 0 aliphatic carbocycles. The Balaban J connectivity index is 1.70. The van der Waals surface area contributed by atoms with Crippen LogP contribution in [-0.4, -0.2) is 43.7 Å². The van der Waals surface area contributed by atoms with Gasteiger partial charge in [0, 0.05) is 17.3 Å². The summed E-state index contributed by atoms with van der Waals surface area (Å²) >= 11 is 5.93. The van der Waals surface area contributed by atoms with Gasteiger partial charge >= 0.3 is 12.0 Å². The molecule has 0 bridgehead atoms. The summed E-state index contributed by atoms with van der Waals surface area (Å²) in [7, 11) is 1.32. The van der Waals surface area contributed by atoms with Gasteiger partial charge in [-0.2, -0.15) is 0 Å². The molecule has 1 saturated heterocycles. The van der Waals surface area contributed by atoms with Crippen LogP contribution in [0.3, 0.4) is 0 Å². The molecule has 1 atom stereocenters. The van der Waals surface area contributed by atoms with Crippen molar-refractivity contribution in [2.45, 2.75) is 13.0 Å². The molecule has 3 rings (SSSR count). The van der Waals surface area contributed by atoms with E-state index in [0.717, 1.165) is 11.1 Å². The maximum atomic E-state index is 12.7. The third-order valence-electron chi connectivity index (χ3n) is 4.50. The first-order valence-corrected chi connectivity index (χ1v) is 8.97. The maximum absolute atomic E-state index is 12.7. The highest BCUT2D eigenvalue weighted by molar-refractivity contribution is 6.30. The summed E-state index contributed by atoms with van der Waals surface area (Å²) in [6.45, 7) is 3.24. The quantitative estimate of drug-likeness (QED) is 0.806. The highest BCUT2D eigenvalue weighted by Crippen LogP contribution is 2.25. The zero-order chi connectivity index (χ0) is 19.4. The predicted molar refractivity (Wildman–Crippen MR) is 103 cm³/mol. The Morgan fingerprint density at radius 2 is 1.96 bits per heavy atom. The standard InChI is InChI=1S/C20H21ClN2O4/c1-13-3-4-15(19(24)26-2)11-17(13)22-20(25)23-9-10-27-18(12-23)14-5-7-16(21)8-6-14/h3-8,11,18H,9-10,12H2,1-2H3,(H,22,25). The maximum Gasteiger partial charge on any atom is 0.337 e. The predicted octanol–water partition coefficient (Wildman–Crippen LogP) is 4.04. The summed E-state index contributed by atoms with van der Waals surface area (Å²) < 4.78 is 10.5. The monoisotopic (exact) mass is 388 g/mol. The van der Waals surface area contributed by atoms with Gasteiger partial charge in [0.1, 0.15) is 6.10 Å². The lowest BCUT2D eigenvalue weighted by Crippen LogP contribution is -2.44. The fourth-order valence-electron chi connectivity index (χ4n) is 2.91. The molecule has 7 heteroatoms. The molecule has 142 valence electrons. The van der Waals surface area contributed by atoms with Crippen molar-refractivity contribution in [3.05, 3.63) is 64.2 Å². The molecule has 2 amide bonds. The van der Waals surface area contributed by atoms with Gasteiger partial charge in [-0.05, 0) is 42.3 Å². The van der Waals surface area contributed by atoms with Crippen LogP contribution in [0.4, 0.5) is 10.5 Å². The summed E-state index contributed by atoms with van der Waals surface area (Å²) in [4.78, 5) is 26.1. The highest BCUT2D eigenvalue weighted by atomic mass is 35.5. The molecule has 27 heavy (non-hydrogen) atoms. The van der Waals surface area contributed by atoms with Gasteiger partial charge < -0.3 is 19.7 Å². The molecule has 1 aliphatic rings. The minimum absolute atomic E-state index is 0.204. The van der Waals surface area contributed by atoms with Crippen LogP contribution in [0.15, 0.2) is 42.5 Å². The Labute approximate surface area is 163 Å². The third kappa shape index (κ3) is 4.59. The van der Waals surface area contributed by atoms with Crippen molar-refractivity contribution in [3.8, 4) is 0 Å². The number of benzene rings is 2. The van der Waals surface area contributed by atoms with E-state index in [-0.39, 0.29) is 12.1 Å². The van der Waals surface area contributed by atoms with Crippen LogP contribution in [0, 0.1) is 6.92 Å². The first kappa shape index (κ1) is 19.2. The van der Waals surface area contributed by atoms with Crippen LogP contribution in [0.5, 0.6) is 0 Å². The molecule has 1 fully saturated rings. The van der Waals surface area contributed by atoms with Crippen molar-refractivity contribution in [1.29, 1.82) is 0 Å². The molecule has 2 aromatic rings. The largest absolute Gasteiger partial charge is 0.465 e. The number of anilines is 1. The van der Waals surface area contributed by atoms with Gasteiger partial charge in [-0.15, -0.1) is 0 Å². The number of ether oxygens (including phenoxy) is 2. The molecule has 0 radical (unpaired) electrons. The topological polar surface area (TPSA) is 67.9 Å². The molecule has 1 unspecified atom stereocenters. The Morgan fingerprint density at radius 3 is 2.67 bits per heavy atom. The summed E-state index contributed by atoms with van der Waals surface area (Å²) in [6.07, 6.45) is -0.204. The second kappa shape index (κ2) is 8.41. The van der Waals surface area contributed by atoms with E-state index in [1.54, 1.807) is 35.2 Å². The highest BCUT2D eigenvalue weighted by Gasteiger charge is 2.26. The number of halogens is 1. The number of amides is 2. The first-order valence-electron chi connectivity index (χ1n) is 8.60. The van der Waals surface area contributed by atoms with Crippen LogP contribution >= 0.6 is 11.6 Å². The molecular weight excluding hydrogens is 368 g/mol. The first-order chi connectivity index (χ1) is 13.0. The van der Waals surface area contributed by atoms with E-state index < -0.39 is 5.97 Å². The smallest absolute Gasteiger partial charge is 0.337 e. The Kier molecular flexibility index (Phi) is 5.98. The molecule has 0 saturated carbocycles. The fourth-order valence-corrected chi connectivity index (χ4v) is 3.03. The van der Waals surface area contributed by atoms with Gasteiger partial charge in [-0.1, -0.05) is 29.8 Å². The van der Waals surface area contributed by atoms with E-state index in [0.29, 0.717) is 36.0 Å². The van der Waals surface area contributed by atoms with E-state index >= 15 is 0 Å². The van der Waals surface area contributed by atoms with Crippen LogP contribution in [-0.2, 0) is 9.47 Å². The average molecular weight is 389 g/mol. The Morgan fingerprint density at radius 1 is 1.22 bits per heavy atom. The number of hydrogen-bond donors (Lipinski definition) is 1. The van der Waals surface area contributed by atoms with Crippen molar-refractivity contribution < 1.29 is 19.1 Å². The Bertz CT molecular complexity index is 838. The van der Waals surface area contributed by atoms with E-state index in [4.69, 9.17) is 21.1 Å². The van der Waals surface area contributed by atoms with E-state index in [1.165, 1.54) is 7.11 Å². The summed E-state index contributed by atoms with van der Waals surface area (Å²) in [5, 5.41) is 3.54. The van der Waals surface area contributed by atoms with Gasteiger partial charge in [0.15, 0.2) is 0 Å². The Hall–Kier alpha value is -2.57. The zero-order valence-electron chi connectivity index (χ0n) is 15.2. The number of rotatable bonds is 3. The second-order valence-electron chi connectivity index (χ2n) is 6.31. The van der Waals surface area contributed by atoms with Crippen molar-refractivity contribution in [1.82, 2.24) is 4.90 Å². The third-order valence-corrected chi connectivity index (χ3v) is 4.75. The lowest BCUT2D eigenvalue weighted by Gasteiger charge is -2.33. The molecule has 2 aromatic carbocycles. The molecule has 1 aliphatic heterocycles. The molecule has 0 spiro atoms. The van der Waals surface area contributed by atoms with Gasteiger partial charge in [0.05, 0.1) is 25.8 Å². The SMILES string of the molecule is COC(=O)c1ccc(C)c(NC(=O)N2CCOC(c3ccc(Cl)cc3)C2)c1. The normalized spacial score (nSPS) is 16.7. The number of nitrogens with one attached hydrogen (secondary N) is 1. The van der Waals surface area contributed by atoms with E-state index in [1.807, 2.05) is 19.1 Å². The number of nitrogens with zero attached hydrogens (tertiary/aromatic N) is 1. The minimum atomic E-state index is -0.445. The van der Waals surface area contributed by atoms with Crippen molar-refractivity contribution in [2.24, 2.45) is 0 Å². The second-order valence-corrected chi connectivity index (χ2v) is 6.74. The number of urea groups is 1. The zero-order valence-corrected chi connectivity index (χ0v) is 16.0. The molecule has 1 heterocycles. The average Bonchev–Trinajstić information content (AvgIpc) is 2.69. The number of esters is 1. The van der Waals surface area contributed by atoms with Crippen LogP contribution < -0.4 is 5.32 Å². The molecule has 1 N–H and O–H groups in total. The summed E-state index contributed by atoms with van der Waals surface area (Å²) in [5.41, 5.74) is 2.80. The number of methoxy groups -OCH3 is 1. The lowest BCUT2D eigenvalue weighted by molar-refractivity contribution is -0.0135. The number of carbonyl (C=O) groups is 2. The summed E-state index contributed by atoms with van der Waals surface area (Å²) in [5.74, 6) is -0.445. The van der Waals surface area contributed by atoms with E-state index in [2.05, 4.69) is 5.32 Å². The van der Waals surface area contributed by atoms with Gasteiger partial charge in [0.2, 0.25) is 0 Å². The van der Waals surface area contributed by atoms with Crippen LogP contribution in [0.25, 0.3) is 0 Å². The van der Waals surface area contributed by atoms with E-state index in [9.17, 15) is 9.59 Å². The van der Waals surface area contributed by atoms with Gasteiger partial charge in [-0.3, -0.25) is 0 Å². The van der Waals surface area contributed by atoms with Crippen molar-refractivity contribution in [2.75, 3.05) is 32.1 Å². The number of morpholine rings is 1. The van der Waals surface area contributed by atoms with Crippen molar-refractivity contribution >= 4 is 29.3 Å². The van der Waals surface area contributed by atoms with Crippen molar-refractivity contribution in [3.63, 3.8) is 0 Å². The summed E-state index contributed by atoms with van der Waals surface area (Å²) in [6, 6.07) is 12.2.